The van der Waals surface area contributed by atoms with Crippen LogP contribution in [0, 0.1) is 11.8 Å². The SMILES string of the molecule is CC1=CC(C)(C)N(C(=O)CN2C(=O)[C@@H]3CCCC[C@H]3C2=O)c2ccc(C(c3ccccc3)(c3ccccc3)c3ccccc3)cc21. The Morgan fingerprint density at radius 2 is 1.20 bits per heavy atom. The van der Waals surface area contributed by atoms with Crippen molar-refractivity contribution in [3.63, 3.8) is 0 Å². The molecule has 0 aromatic heterocycles. The van der Waals surface area contributed by atoms with E-state index in [0.717, 1.165) is 64.8 Å². The van der Waals surface area contributed by atoms with Crippen LogP contribution < -0.4 is 4.90 Å². The number of likely N-dealkylation sites (tertiary alicyclic amines) is 1. The largest absolute Gasteiger partial charge is 0.301 e. The van der Waals surface area contributed by atoms with E-state index in [1.54, 1.807) is 4.90 Å². The summed E-state index contributed by atoms with van der Waals surface area (Å²) in [5.41, 5.74) is 6.08. The van der Waals surface area contributed by atoms with E-state index in [9.17, 15) is 14.4 Å². The van der Waals surface area contributed by atoms with Crippen molar-refractivity contribution in [2.24, 2.45) is 11.8 Å². The minimum absolute atomic E-state index is 0.182. The Morgan fingerprint density at radius 1 is 0.717 bits per heavy atom. The van der Waals surface area contributed by atoms with Crippen LogP contribution in [0.3, 0.4) is 0 Å². The molecule has 2 heterocycles. The number of allylic oxidation sites excluding steroid dienone is 1. The predicted octanol–water partition coefficient (Wildman–Crippen LogP) is 7.77. The van der Waals surface area contributed by atoms with E-state index in [-0.39, 0.29) is 36.1 Å². The van der Waals surface area contributed by atoms with Gasteiger partial charge in [-0.3, -0.25) is 19.3 Å². The summed E-state index contributed by atoms with van der Waals surface area (Å²) in [6.45, 7) is 5.89. The Kier molecular flexibility index (Phi) is 7.51. The third kappa shape index (κ3) is 4.72. The number of nitrogens with zero attached hydrogens (tertiary/aromatic N) is 2. The molecule has 2 fully saturated rings. The van der Waals surface area contributed by atoms with Gasteiger partial charge in [-0.25, -0.2) is 0 Å². The summed E-state index contributed by atoms with van der Waals surface area (Å²) < 4.78 is 0. The van der Waals surface area contributed by atoms with Crippen molar-refractivity contribution in [1.29, 1.82) is 0 Å². The maximum atomic E-state index is 14.2. The second kappa shape index (κ2) is 11.5. The van der Waals surface area contributed by atoms with Gasteiger partial charge in [-0.15, -0.1) is 0 Å². The first-order chi connectivity index (χ1) is 22.2. The highest BCUT2D eigenvalue weighted by Gasteiger charge is 2.50. The molecule has 1 saturated carbocycles. The van der Waals surface area contributed by atoms with Crippen LogP contribution in [0.2, 0.25) is 0 Å². The first kappa shape index (κ1) is 29.9. The topological polar surface area (TPSA) is 57.7 Å². The number of benzene rings is 4. The molecule has 232 valence electrons. The van der Waals surface area contributed by atoms with E-state index < -0.39 is 11.0 Å². The molecule has 1 saturated heterocycles. The van der Waals surface area contributed by atoms with Gasteiger partial charge >= 0.3 is 0 Å². The zero-order valence-corrected chi connectivity index (χ0v) is 26.8. The normalized spacial score (nSPS) is 20.6. The average molecular weight is 609 g/mol. The summed E-state index contributed by atoms with van der Waals surface area (Å²) in [5, 5.41) is 0. The number of fused-ring (bicyclic) bond motifs is 2. The molecular weight excluding hydrogens is 568 g/mol. The number of rotatable bonds is 6. The monoisotopic (exact) mass is 608 g/mol. The lowest BCUT2D eigenvalue weighted by Gasteiger charge is -2.43. The van der Waals surface area contributed by atoms with Crippen LogP contribution in [0.1, 0.15) is 74.3 Å². The van der Waals surface area contributed by atoms with Gasteiger partial charge in [-0.05, 0) is 73.6 Å². The summed E-state index contributed by atoms with van der Waals surface area (Å²) in [6.07, 6.45) is 5.50. The molecule has 0 unspecified atom stereocenters. The van der Waals surface area contributed by atoms with Gasteiger partial charge in [0.2, 0.25) is 17.7 Å². The third-order valence-corrected chi connectivity index (χ3v) is 10.3. The van der Waals surface area contributed by atoms with E-state index in [0.29, 0.717) is 0 Å². The Balaban J connectivity index is 1.36. The summed E-state index contributed by atoms with van der Waals surface area (Å²) in [5.74, 6) is -1.16. The summed E-state index contributed by atoms with van der Waals surface area (Å²) >= 11 is 0. The van der Waals surface area contributed by atoms with Crippen LogP contribution in [0.4, 0.5) is 5.69 Å². The second-order valence-electron chi connectivity index (χ2n) is 13.6. The van der Waals surface area contributed by atoms with Gasteiger partial charge in [0.25, 0.3) is 0 Å². The number of anilines is 1. The fourth-order valence-corrected chi connectivity index (χ4v) is 8.38. The van der Waals surface area contributed by atoms with Gasteiger partial charge in [0, 0.05) is 5.56 Å². The number of carbonyl (C=O) groups is 3. The first-order valence-electron chi connectivity index (χ1n) is 16.4. The first-order valence-corrected chi connectivity index (χ1v) is 16.4. The quantitative estimate of drug-likeness (QED) is 0.166. The molecule has 0 spiro atoms. The Bertz CT molecular complexity index is 1710. The summed E-state index contributed by atoms with van der Waals surface area (Å²) in [7, 11) is 0. The predicted molar refractivity (Wildman–Crippen MR) is 182 cm³/mol. The molecule has 0 radical (unpaired) electrons. The highest BCUT2D eigenvalue weighted by molar-refractivity contribution is 6.10. The minimum Gasteiger partial charge on any atom is -0.301 e. The number of hydrogen-bond acceptors (Lipinski definition) is 3. The Labute approximate surface area is 271 Å². The third-order valence-electron chi connectivity index (χ3n) is 10.3. The molecule has 2 atom stereocenters. The maximum Gasteiger partial charge on any atom is 0.247 e. The molecule has 7 rings (SSSR count). The van der Waals surface area contributed by atoms with E-state index in [4.69, 9.17) is 0 Å². The molecule has 4 aromatic carbocycles. The molecule has 2 aliphatic heterocycles. The molecule has 4 aromatic rings. The van der Waals surface area contributed by atoms with Gasteiger partial charge in [-0.2, -0.15) is 0 Å². The van der Waals surface area contributed by atoms with Crippen LogP contribution in [-0.2, 0) is 19.8 Å². The summed E-state index contributed by atoms with van der Waals surface area (Å²) in [4.78, 5) is 43.9. The molecular formula is C41H40N2O3. The lowest BCUT2D eigenvalue weighted by Crippen LogP contribution is -2.53. The molecule has 3 amide bonds. The molecule has 1 aliphatic carbocycles. The van der Waals surface area contributed by atoms with E-state index in [1.807, 2.05) is 32.0 Å². The highest BCUT2D eigenvalue weighted by Crippen LogP contribution is 2.48. The Morgan fingerprint density at radius 3 is 1.67 bits per heavy atom. The van der Waals surface area contributed by atoms with E-state index >= 15 is 0 Å². The van der Waals surface area contributed by atoms with Gasteiger partial charge in [0.1, 0.15) is 6.54 Å². The van der Waals surface area contributed by atoms with Crippen LogP contribution >= 0.6 is 0 Å². The fourth-order valence-electron chi connectivity index (χ4n) is 8.38. The van der Waals surface area contributed by atoms with Crippen molar-refractivity contribution >= 4 is 29.0 Å². The lowest BCUT2D eigenvalue weighted by atomic mass is 9.64. The average Bonchev–Trinajstić information content (AvgIpc) is 3.31. The smallest absolute Gasteiger partial charge is 0.247 e. The number of amides is 3. The van der Waals surface area contributed by atoms with Crippen molar-refractivity contribution in [3.8, 4) is 0 Å². The van der Waals surface area contributed by atoms with E-state index in [1.165, 1.54) is 4.90 Å². The van der Waals surface area contributed by atoms with Crippen molar-refractivity contribution in [1.82, 2.24) is 4.90 Å². The highest BCUT2D eigenvalue weighted by atomic mass is 16.2. The van der Waals surface area contributed by atoms with Crippen LogP contribution in [-0.4, -0.2) is 34.7 Å². The van der Waals surface area contributed by atoms with Gasteiger partial charge in [-0.1, -0.05) is 116 Å². The molecule has 0 N–H and O–H groups in total. The van der Waals surface area contributed by atoms with Crippen molar-refractivity contribution < 1.29 is 14.4 Å². The molecule has 46 heavy (non-hydrogen) atoms. The van der Waals surface area contributed by atoms with Crippen molar-refractivity contribution in [3.05, 3.63) is 143 Å². The minimum atomic E-state index is -0.649. The van der Waals surface area contributed by atoms with Gasteiger partial charge in [0.15, 0.2) is 0 Å². The zero-order valence-electron chi connectivity index (χ0n) is 26.8. The lowest BCUT2D eigenvalue weighted by molar-refractivity contribution is -0.143. The van der Waals surface area contributed by atoms with Crippen molar-refractivity contribution in [2.45, 2.75) is 57.4 Å². The standard InChI is InChI=1S/C41H40N2O3/c1-28-26-40(2,3)43(37(44)27-42-38(45)33-21-13-14-22-34(33)39(42)46)36-24-23-32(25-35(28)36)41(29-15-7-4-8-16-29,30-17-9-5-10-18-30)31-19-11-6-12-20-31/h4-12,15-20,23-26,33-34H,13-14,21-22,27H2,1-3H3/t33-,34-/m1/s1. The molecule has 3 aliphatic rings. The van der Waals surface area contributed by atoms with Crippen LogP contribution in [0.15, 0.2) is 115 Å². The van der Waals surface area contributed by atoms with Crippen LogP contribution in [0.25, 0.3) is 5.57 Å². The van der Waals surface area contributed by atoms with E-state index in [2.05, 4.69) is 104 Å². The zero-order chi connectivity index (χ0) is 32.1. The molecule has 0 bridgehead atoms. The van der Waals surface area contributed by atoms with Crippen molar-refractivity contribution in [2.75, 3.05) is 11.4 Å². The maximum absolute atomic E-state index is 14.2. The van der Waals surface area contributed by atoms with Gasteiger partial charge < -0.3 is 4.90 Å². The second-order valence-corrected chi connectivity index (χ2v) is 13.6. The number of imide groups is 1. The fraction of sp³-hybridized carbons (Fsp3) is 0.293. The molecule has 5 nitrogen and oxygen atoms in total. The number of hydrogen-bond donors (Lipinski definition) is 0. The van der Waals surface area contributed by atoms with Gasteiger partial charge in [0.05, 0.1) is 28.5 Å². The molecule has 5 heteroatoms. The van der Waals surface area contributed by atoms with Crippen LogP contribution in [0.5, 0.6) is 0 Å². The Hall–Kier alpha value is -4.77. The summed E-state index contributed by atoms with van der Waals surface area (Å²) in [6, 6.07) is 38.1. The number of carbonyl (C=O) groups excluding carboxylic acids is 3.